The van der Waals surface area contributed by atoms with Crippen LogP contribution in [-0.2, 0) is 5.41 Å². The van der Waals surface area contributed by atoms with Crippen molar-refractivity contribution in [1.29, 1.82) is 0 Å². The van der Waals surface area contributed by atoms with Gasteiger partial charge in [0.25, 0.3) is 0 Å². The molecule has 1 N–H and O–H groups in total. The normalized spacial score (nSPS) is 12.1. The summed E-state index contributed by atoms with van der Waals surface area (Å²) in [5.74, 6) is 0.0133. The van der Waals surface area contributed by atoms with E-state index < -0.39 is 5.89 Å². The van der Waals surface area contributed by atoms with E-state index in [-0.39, 0.29) is 11.2 Å². The lowest BCUT2D eigenvalue weighted by Gasteiger charge is -2.21. The molecule has 4 heteroatoms. The first-order valence-corrected chi connectivity index (χ1v) is 21.0. The van der Waals surface area contributed by atoms with Crippen molar-refractivity contribution in [3.63, 3.8) is 0 Å². The van der Waals surface area contributed by atoms with Crippen LogP contribution in [0.15, 0.2) is 170 Å². The van der Waals surface area contributed by atoms with Crippen LogP contribution < -0.4 is 0 Å². The highest BCUT2D eigenvalue weighted by molar-refractivity contribution is 5.98. The number of nitrogens with zero attached hydrogens (tertiary/aromatic N) is 3. The van der Waals surface area contributed by atoms with Crippen LogP contribution in [0.2, 0.25) is 0 Å². The van der Waals surface area contributed by atoms with Crippen LogP contribution in [0, 0.1) is 13.8 Å². The highest BCUT2D eigenvalue weighted by Gasteiger charge is 2.24. The number of aromatic nitrogens is 3. The first-order chi connectivity index (χ1) is 29.7. The Bertz CT molecular complexity index is 3100. The second-order valence-corrected chi connectivity index (χ2v) is 17.4. The molecule has 0 fully saturated rings. The third-order valence-corrected chi connectivity index (χ3v) is 11.8. The Labute approximate surface area is 361 Å². The first kappa shape index (κ1) is 38.2. The Balaban J connectivity index is 1.32. The van der Waals surface area contributed by atoms with Crippen LogP contribution in [-0.4, -0.2) is 19.6 Å². The Hall–Kier alpha value is -7.04. The van der Waals surface area contributed by atoms with Gasteiger partial charge in [-0.2, -0.15) is 0 Å². The highest BCUT2D eigenvalue weighted by atomic mass is 16.3. The molecule has 300 valence electrons. The summed E-state index contributed by atoms with van der Waals surface area (Å²) in [7, 11) is 0. The molecule has 7 aromatic carbocycles. The van der Waals surface area contributed by atoms with Crippen molar-refractivity contribution in [3.05, 3.63) is 192 Å². The van der Waals surface area contributed by atoms with Crippen molar-refractivity contribution < 1.29 is 6.48 Å². The fourth-order valence-corrected chi connectivity index (χ4v) is 8.44. The zero-order valence-electron chi connectivity index (χ0n) is 37.0. The van der Waals surface area contributed by atoms with Gasteiger partial charge in [-0.25, -0.2) is 4.98 Å². The van der Waals surface area contributed by atoms with Gasteiger partial charge >= 0.3 is 0 Å². The van der Waals surface area contributed by atoms with Crippen LogP contribution in [0.1, 0.15) is 64.1 Å². The van der Waals surface area contributed by atoms with Crippen LogP contribution in [0.5, 0.6) is 5.75 Å². The lowest BCUT2D eigenvalue weighted by Crippen LogP contribution is -2.10. The summed E-state index contributed by atoms with van der Waals surface area (Å²) in [6.07, 6.45) is 1.89. The molecule has 0 bridgehead atoms. The topological polar surface area (TPSA) is 50.9 Å². The van der Waals surface area contributed by atoms with E-state index in [2.05, 4.69) is 172 Å². The van der Waals surface area contributed by atoms with Crippen molar-refractivity contribution in [2.24, 2.45) is 0 Å². The lowest BCUT2D eigenvalue weighted by molar-refractivity contribution is 0.472. The highest BCUT2D eigenvalue weighted by Crippen LogP contribution is 2.43. The predicted molar refractivity (Wildman–Crippen MR) is 255 cm³/mol. The summed E-state index contributed by atoms with van der Waals surface area (Å²) in [4.78, 5) is 10.5. The molecule has 61 heavy (non-hydrogen) atoms. The fourth-order valence-electron chi connectivity index (χ4n) is 8.44. The largest absolute Gasteiger partial charge is 0.507 e. The average molecular weight is 795 g/mol. The minimum Gasteiger partial charge on any atom is -0.507 e. The van der Waals surface area contributed by atoms with E-state index in [1.807, 2.05) is 51.2 Å². The van der Waals surface area contributed by atoms with E-state index in [4.69, 9.17) is 11.3 Å². The maximum Gasteiger partial charge on any atom is 0.149 e. The molecule has 0 saturated heterocycles. The molecule has 0 saturated carbocycles. The van der Waals surface area contributed by atoms with Gasteiger partial charge in [0.05, 0.1) is 28.0 Å². The van der Waals surface area contributed by atoms with Crippen molar-refractivity contribution in [2.45, 2.75) is 59.8 Å². The molecule has 0 spiro atoms. The van der Waals surface area contributed by atoms with Crippen LogP contribution in [0.4, 0.5) is 0 Å². The van der Waals surface area contributed by atoms with Gasteiger partial charge in [-0.05, 0) is 135 Å². The molecule has 0 aliphatic carbocycles. The Morgan fingerprint density at radius 3 is 1.93 bits per heavy atom. The van der Waals surface area contributed by atoms with Gasteiger partial charge in [0.15, 0.2) is 0 Å². The van der Waals surface area contributed by atoms with Crippen molar-refractivity contribution in [3.8, 4) is 78.6 Å². The zero-order valence-corrected chi connectivity index (χ0v) is 36.0. The molecular weight excluding hydrogens is 743 g/mol. The second-order valence-electron chi connectivity index (χ2n) is 17.4. The SMILES string of the molecule is [2H]C(C)(C)c1ccc(-n2c(-c3cc(C)cc(C)c3O)nc3c(-c4cc(-c5ccccc5)cc(-c5cc(-c6ccccc6)ccn5)c4)cccc32)c(-c2ccc(C(C)(C)C)cc2)c1. The Morgan fingerprint density at radius 1 is 0.574 bits per heavy atom. The molecule has 2 aromatic heterocycles. The number of pyridine rings is 1. The number of rotatable bonds is 8. The molecule has 0 amide bonds. The number of hydrogen-bond donors (Lipinski definition) is 1. The predicted octanol–water partition coefficient (Wildman–Crippen LogP) is 15.2. The summed E-state index contributed by atoms with van der Waals surface area (Å²) < 4.78 is 11.3. The van der Waals surface area contributed by atoms with E-state index in [9.17, 15) is 5.11 Å². The number of para-hydroxylation sites is 1. The van der Waals surface area contributed by atoms with Crippen LogP contribution in [0.25, 0.3) is 83.9 Å². The third-order valence-electron chi connectivity index (χ3n) is 11.8. The molecular formula is C57H51N3O. The summed E-state index contributed by atoms with van der Waals surface area (Å²) in [6.45, 7) is 14.5. The van der Waals surface area contributed by atoms with E-state index >= 15 is 0 Å². The van der Waals surface area contributed by atoms with Crippen LogP contribution >= 0.6 is 0 Å². The van der Waals surface area contributed by atoms with E-state index in [0.29, 0.717) is 11.4 Å². The molecule has 2 heterocycles. The van der Waals surface area contributed by atoms with Crippen LogP contribution in [0.3, 0.4) is 0 Å². The number of phenolic OH excluding ortho intramolecular Hbond substituents is 1. The minimum absolute atomic E-state index is 0.00447. The molecule has 0 aliphatic heterocycles. The molecule has 0 atom stereocenters. The van der Waals surface area contributed by atoms with Gasteiger partial charge in [-0.1, -0.05) is 144 Å². The molecule has 0 radical (unpaired) electrons. The number of aryl methyl sites for hydroxylation is 2. The van der Waals surface area contributed by atoms with Gasteiger partial charge in [0, 0.05) is 24.3 Å². The fraction of sp³-hybridized carbons (Fsp3) is 0.158. The van der Waals surface area contributed by atoms with E-state index in [0.717, 1.165) is 89.2 Å². The summed E-state index contributed by atoms with van der Waals surface area (Å²) in [5.41, 5.74) is 17.5. The maximum absolute atomic E-state index is 11.8. The third kappa shape index (κ3) is 7.66. The van der Waals surface area contributed by atoms with E-state index in [1.165, 1.54) is 5.56 Å². The van der Waals surface area contributed by atoms with Crippen molar-refractivity contribution in [1.82, 2.24) is 14.5 Å². The Kier molecular flexibility index (Phi) is 9.92. The number of benzene rings is 7. The number of hydrogen-bond acceptors (Lipinski definition) is 3. The standard InChI is InChI=1S/C57H51N3O/c1-36(2)42-23-26-52(49(34-42)41-21-24-47(25-22-41)57(5,6)7)60-53-20-14-19-48(54(53)59-56(60)50-30-37(3)29-38(4)55(50)61)45-31-44(40-17-12-9-13-18-40)32-46(33-45)51-35-43(27-28-58-51)39-15-10-8-11-16-39/h8-36,61H,1-7H3/i36D. The molecule has 9 rings (SSSR count). The van der Waals surface area contributed by atoms with E-state index in [1.54, 1.807) is 0 Å². The average Bonchev–Trinajstić information content (AvgIpc) is 3.67. The molecule has 4 nitrogen and oxygen atoms in total. The second kappa shape index (κ2) is 15.9. The number of imidazole rings is 1. The number of phenols is 1. The summed E-state index contributed by atoms with van der Waals surface area (Å²) >= 11 is 0. The minimum atomic E-state index is -0.825. The van der Waals surface area contributed by atoms with Crippen molar-refractivity contribution >= 4 is 11.0 Å². The lowest BCUT2D eigenvalue weighted by atomic mass is 9.86. The molecule has 0 aliphatic rings. The van der Waals surface area contributed by atoms with Gasteiger partial charge < -0.3 is 5.11 Å². The van der Waals surface area contributed by atoms with Gasteiger partial charge in [0.2, 0.25) is 0 Å². The quantitative estimate of drug-likeness (QED) is 0.167. The summed E-state index contributed by atoms with van der Waals surface area (Å²) in [6, 6.07) is 57.3. The smallest absolute Gasteiger partial charge is 0.149 e. The van der Waals surface area contributed by atoms with Gasteiger partial charge in [-0.3, -0.25) is 9.55 Å². The molecule has 0 unspecified atom stereocenters. The van der Waals surface area contributed by atoms with Gasteiger partial charge in [-0.15, -0.1) is 0 Å². The monoisotopic (exact) mass is 794 g/mol. The van der Waals surface area contributed by atoms with Gasteiger partial charge in [0.1, 0.15) is 11.6 Å². The number of fused-ring (bicyclic) bond motifs is 1. The zero-order chi connectivity index (χ0) is 43.3. The summed E-state index contributed by atoms with van der Waals surface area (Å²) in [5, 5.41) is 11.8. The molecule has 9 aromatic rings. The van der Waals surface area contributed by atoms with Crippen molar-refractivity contribution in [2.75, 3.05) is 0 Å². The maximum atomic E-state index is 11.8. The first-order valence-electron chi connectivity index (χ1n) is 21.5. The Morgan fingerprint density at radius 2 is 1.25 bits per heavy atom. The number of aromatic hydroxyl groups is 1.